The molecule has 4 rings (SSSR count). The molecule has 1 aromatic rings. The summed E-state index contributed by atoms with van der Waals surface area (Å²) in [6, 6.07) is 5.77. The number of carbonyl (C=O) groups excluding carboxylic acids is 3. The van der Waals surface area contributed by atoms with Crippen LogP contribution in [-0.2, 0) is 22.7 Å². The van der Waals surface area contributed by atoms with Gasteiger partial charge in [0.05, 0.1) is 0 Å². The average Bonchev–Trinajstić information content (AvgIpc) is 2.98. The highest BCUT2D eigenvalue weighted by Gasteiger charge is 2.39. The highest BCUT2D eigenvalue weighted by molar-refractivity contribution is 6.05. The van der Waals surface area contributed by atoms with Crippen LogP contribution in [0.2, 0.25) is 0 Å². The summed E-state index contributed by atoms with van der Waals surface area (Å²) < 4.78 is 0. The molecular formula is C21H28N4O3. The van der Waals surface area contributed by atoms with Gasteiger partial charge in [0.15, 0.2) is 0 Å². The smallest absolute Gasteiger partial charge is 0.255 e. The van der Waals surface area contributed by atoms with Gasteiger partial charge in [-0.15, -0.1) is 0 Å². The summed E-state index contributed by atoms with van der Waals surface area (Å²) in [6.45, 7) is 3.33. The zero-order valence-electron chi connectivity index (χ0n) is 16.1. The zero-order chi connectivity index (χ0) is 19.5. The molecule has 0 bridgehead atoms. The third-order valence-corrected chi connectivity index (χ3v) is 6.07. The van der Waals surface area contributed by atoms with Crippen molar-refractivity contribution in [3.63, 3.8) is 0 Å². The fourth-order valence-corrected chi connectivity index (χ4v) is 4.49. The van der Waals surface area contributed by atoms with Crippen molar-refractivity contribution in [1.82, 2.24) is 20.9 Å². The lowest BCUT2D eigenvalue weighted by atomic mass is 10.0. The molecule has 0 saturated carbocycles. The van der Waals surface area contributed by atoms with Gasteiger partial charge in [-0.1, -0.05) is 12.1 Å². The van der Waals surface area contributed by atoms with E-state index in [1.165, 1.54) is 12.8 Å². The molecule has 3 aliphatic heterocycles. The number of piperidine rings is 1. The molecule has 150 valence electrons. The van der Waals surface area contributed by atoms with Crippen LogP contribution in [-0.4, -0.2) is 47.8 Å². The lowest BCUT2D eigenvalue weighted by molar-refractivity contribution is -0.136. The second-order valence-electron chi connectivity index (χ2n) is 7.96. The summed E-state index contributed by atoms with van der Waals surface area (Å²) in [6.07, 6.45) is 5.33. The number of carbonyl (C=O) groups is 3. The Kier molecular flexibility index (Phi) is 5.73. The van der Waals surface area contributed by atoms with E-state index in [-0.39, 0.29) is 24.1 Å². The first kappa shape index (κ1) is 19.1. The Bertz CT molecular complexity index is 771. The highest BCUT2D eigenvalue weighted by atomic mass is 16.2. The van der Waals surface area contributed by atoms with Crippen molar-refractivity contribution < 1.29 is 14.4 Å². The fourth-order valence-electron chi connectivity index (χ4n) is 4.49. The van der Waals surface area contributed by atoms with Crippen LogP contribution in [0.1, 0.15) is 60.0 Å². The van der Waals surface area contributed by atoms with Crippen LogP contribution < -0.4 is 16.0 Å². The summed E-state index contributed by atoms with van der Waals surface area (Å²) >= 11 is 0. The summed E-state index contributed by atoms with van der Waals surface area (Å²) in [4.78, 5) is 38.2. The van der Waals surface area contributed by atoms with Crippen molar-refractivity contribution in [1.29, 1.82) is 0 Å². The van der Waals surface area contributed by atoms with E-state index in [0.717, 1.165) is 43.6 Å². The Labute approximate surface area is 165 Å². The molecule has 1 unspecified atom stereocenters. The number of imide groups is 1. The second kappa shape index (κ2) is 8.41. The summed E-state index contributed by atoms with van der Waals surface area (Å²) in [7, 11) is 0. The number of hydrogen-bond donors (Lipinski definition) is 3. The SMILES string of the molecule is O=C1CCC(N2Cc3c(CNC4CCCNCCC4)cccc3C2=O)C(=O)N1. The molecule has 3 aliphatic rings. The van der Waals surface area contributed by atoms with E-state index < -0.39 is 6.04 Å². The van der Waals surface area contributed by atoms with E-state index in [1.54, 1.807) is 4.90 Å². The minimum absolute atomic E-state index is 0.108. The normalized spacial score (nSPS) is 23.9. The number of amides is 3. The maximum atomic E-state index is 12.9. The Hall–Kier alpha value is -2.25. The van der Waals surface area contributed by atoms with Crippen molar-refractivity contribution in [2.45, 2.75) is 63.7 Å². The van der Waals surface area contributed by atoms with Crippen molar-refractivity contribution in [2.24, 2.45) is 0 Å². The highest BCUT2D eigenvalue weighted by Crippen LogP contribution is 2.30. The minimum Gasteiger partial charge on any atom is -0.322 e. The number of hydrogen-bond acceptors (Lipinski definition) is 5. The monoisotopic (exact) mass is 384 g/mol. The van der Waals surface area contributed by atoms with E-state index in [2.05, 4.69) is 22.0 Å². The number of nitrogens with zero attached hydrogens (tertiary/aromatic N) is 1. The van der Waals surface area contributed by atoms with E-state index in [4.69, 9.17) is 0 Å². The van der Waals surface area contributed by atoms with Gasteiger partial charge in [-0.3, -0.25) is 19.7 Å². The van der Waals surface area contributed by atoms with Gasteiger partial charge in [-0.25, -0.2) is 0 Å². The third-order valence-electron chi connectivity index (χ3n) is 6.07. The van der Waals surface area contributed by atoms with E-state index in [0.29, 0.717) is 24.6 Å². The van der Waals surface area contributed by atoms with Gasteiger partial charge < -0.3 is 15.5 Å². The van der Waals surface area contributed by atoms with Gasteiger partial charge in [0.25, 0.3) is 5.91 Å². The molecule has 0 spiro atoms. The van der Waals surface area contributed by atoms with Crippen molar-refractivity contribution in [3.05, 3.63) is 34.9 Å². The summed E-state index contributed by atoms with van der Waals surface area (Å²) in [5, 5.41) is 9.47. The molecule has 3 N–H and O–H groups in total. The largest absolute Gasteiger partial charge is 0.322 e. The average molecular weight is 384 g/mol. The molecule has 1 atom stereocenters. The van der Waals surface area contributed by atoms with Crippen LogP contribution in [0.3, 0.4) is 0 Å². The molecule has 0 aliphatic carbocycles. The number of nitrogens with one attached hydrogen (secondary N) is 3. The van der Waals surface area contributed by atoms with Crippen molar-refractivity contribution in [2.75, 3.05) is 13.1 Å². The molecule has 3 amide bonds. The van der Waals surface area contributed by atoms with Gasteiger partial charge >= 0.3 is 0 Å². The first-order chi connectivity index (χ1) is 13.6. The number of fused-ring (bicyclic) bond motifs is 1. The minimum atomic E-state index is -0.559. The number of rotatable bonds is 4. The molecular weight excluding hydrogens is 356 g/mol. The van der Waals surface area contributed by atoms with Gasteiger partial charge in [0, 0.05) is 31.1 Å². The molecule has 2 saturated heterocycles. The number of benzene rings is 1. The molecule has 7 heteroatoms. The topological polar surface area (TPSA) is 90.5 Å². The van der Waals surface area contributed by atoms with Gasteiger partial charge in [-0.2, -0.15) is 0 Å². The Morgan fingerprint density at radius 2 is 1.86 bits per heavy atom. The molecule has 1 aromatic carbocycles. The third kappa shape index (κ3) is 3.95. The van der Waals surface area contributed by atoms with Gasteiger partial charge in [0.2, 0.25) is 11.8 Å². The molecule has 2 fully saturated rings. The molecule has 28 heavy (non-hydrogen) atoms. The zero-order valence-corrected chi connectivity index (χ0v) is 16.1. The lowest BCUT2D eigenvalue weighted by Gasteiger charge is -2.29. The maximum Gasteiger partial charge on any atom is 0.255 e. The molecule has 3 heterocycles. The van der Waals surface area contributed by atoms with Crippen LogP contribution in [0.25, 0.3) is 0 Å². The van der Waals surface area contributed by atoms with Crippen LogP contribution >= 0.6 is 0 Å². The van der Waals surface area contributed by atoms with Gasteiger partial charge in [0.1, 0.15) is 6.04 Å². The fraction of sp³-hybridized carbons (Fsp3) is 0.571. The standard InChI is InChI=1S/C21H28N4O3/c26-19-9-8-18(20(27)24-19)25-13-17-14(4-1-7-16(17)21(25)28)12-23-15-5-2-10-22-11-3-6-15/h1,4,7,15,18,22-23H,2-3,5-6,8-13H2,(H,24,26,27). The lowest BCUT2D eigenvalue weighted by Crippen LogP contribution is -2.52. The van der Waals surface area contributed by atoms with Gasteiger partial charge in [-0.05, 0) is 62.4 Å². The quantitative estimate of drug-likeness (QED) is 0.676. The molecule has 0 aromatic heterocycles. The van der Waals surface area contributed by atoms with E-state index >= 15 is 0 Å². The van der Waals surface area contributed by atoms with E-state index in [9.17, 15) is 14.4 Å². The first-order valence-electron chi connectivity index (χ1n) is 10.3. The molecule has 0 radical (unpaired) electrons. The van der Waals surface area contributed by atoms with Crippen LogP contribution in [0, 0.1) is 0 Å². The Balaban J connectivity index is 1.45. The van der Waals surface area contributed by atoms with Crippen LogP contribution in [0.4, 0.5) is 0 Å². The predicted molar refractivity (Wildman–Crippen MR) is 104 cm³/mol. The summed E-state index contributed by atoms with van der Waals surface area (Å²) in [5.41, 5.74) is 2.82. The van der Waals surface area contributed by atoms with Crippen LogP contribution in [0.15, 0.2) is 18.2 Å². The summed E-state index contributed by atoms with van der Waals surface area (Å²) in [5.74, 6) is -0.728. The predicted octanol–water partition coefficient (Wildman–Crippen LogP) is 1.07. The second-order valence-corrected chi connectivity index (χ2v) is 7.96. The van der Waals surface area contributed by atoms with E-state index in [1.807, 2.05) is 12.1 Å². The van der Waals surface area contributed by atoms with Crippen molar-refractivity contribution in [3.8, 4) is 0 Å². The Morgan fingerprint density at radius 1 is 1.07 bits per heavy atom. The first-order valence-corrected chi connectivity index (χ1v) is 10.3. The maximum absolute atomic E-state index is 12.9. The van der Waals surface area contributed by atoms with Crippen molar-refractivity contribution >= 4 is 17.7 Å². The van der Waals surface area contributed by atoms with Crippen LogP contribution in [0.5, 0.6) is 0 Å². The Morgan fingerprint density at radius 3 is 2.61 bits per heavy atom. The molecule has 7 nitrogen and oxygen atoms in total.